The van der Waals surface area contributed by atoms with E-state index in [1.54, 1.807) is 0 Å². The van der Waals surface area contributed by atoms with Crippen LogP contribution in [0.15, 0.2) is 75.0 Å². The fourth-order valence-electron chi connectivity index (χ4n) is 1.44. The summed E-state index contributed by atoms with van der Waals surface area (Å²) in [5.41, 5.74) is 1.22. The first-order chi connectivity index (χ1) is 45.1. The molecular weight excluding hydrogens is 2170 g/mol. The van der Waals surface area contributed by atoms with Crippen LogP contribution in [0.5, 0.6) is 0 Å². The van der Waals surface area contributed by atoms with Crippen molar-refractivity contribution in [1.29, 1.82) is 0 Å². The number of ether oxygens (including phenoxy) is 4. The van der Waals surface area contributed by atoms with Crippen LogP contribution < -0.4 is 88.7 Å². The number of rotatable bonds is 25. The molecule has 33 nitrogen and oxygen atoms in total. The van der Waals surface area contributed by atoms with Crippen LogP contribution in [-0.4, -0.2) is 214 Å². The third-order valence-electron chi connectivity index (χ3n) is 5.41. The number of esters is 2. The van der Waals surface area contributed by atoms with Crippen LogP contribution in [-0.2, 0) is 134 Å². The monoisotopic (exact) mass is 2210 g/mol. The van der Waals surface area contributed by atoms with Crippen molar-refractivity contribution in [3.63, 3.8) is 0 Å². The Balaban J connectivity index is -0.0000000634. The molecule has 0 spiro atoms. The molecule has 0 amide bonds. The van der Waals surface area contributed by atoms with Gasteiger partial charge in [-0.2, -0.15) is 104 Å². The van der Waals surface area contributed by atoms with E-state index in [0.717, 1.165) is 6.26 Å². The number of aliphatic hydroxyl groups excluding tert-OH is 2. The molecule has 79 heteroatoms. The molecule has 0 aromatic carbocycles. The Morgan fingerprint density at radius 2 is 0.609 bits per heavy atom. The Morgan fingerprint density at radius 1 is 0.436 bits per heavy atom. The van der Waals surface area contributed by atoms with Gasteiger partial charge in [-0.05, 0) is 27.8 Å². The van der Waals surface area contributed by atoms with E-state index in [1.807, 2.05) is 0 Å². The second kappa shape index (κ2) is 62.1. The van der Waals surface area contributed by atoms with E-state index in [2.05, 4.69) is 106 Å². The number of halogens is 32. The van der Waals surface area contributed by atoms with Crippen molar-refractivity contribution in [3.8, 4) is 0 Å². The number of alkyl halides is 14. The number of hydrogen-bond donors (Lipinski definition) is 6. The topological polar surface area (TPSA) is 556 Å². The zero-order chi connectivity index (χ0) is 90.0. The molecule has 7 N–H and O–H groups in total. The summed E-state index contributed by atoms with van der Waals surface area (Å²) in [6.07, 6.45) is 2.82. The molecule has 0 bridgehead atoms. The van der Waals surface area contributed by atoms with Crippen molar-refractivity contribution < 1.29 is 310 Å². The van der Waals surface area contributed by atoms with Gasteiger partial charge in [-0.3, -0.25) is 27.2 Å². The second-order valence-corrected chi connectivity index (χ2v) is 65.7. The summed E-state index contributed by atoms with van der Waals surface area (Å²) in [5.74, 6) is -7.99. The predicted molar refractivity (Wildman–Crippen MR) is 361 cm³/mol. The van der Waals surface area contributed by atoms with Crippen molar-refractivity contribution >= 4 is 280 Å². The maximum Gasteiger partial charge on any atom is 1.00 e. The van der Waals surface area contributed by atoms with E-state index in [9.17, 15) is 165 Å². The van der Waals surface area contributed by atoms with Gasteiger partial charge < -0.3 is 43.1 Å². The van der Waals surface area contributed by atoms with E-state index >= 15 is 0 Å². The quantitative estimate of drug-likeness (QED) is 0.00693. The Morgan fingerprint density at radius 3 is 0.736 bits per heavy atom. The fraction of sp³-hybridized carbons (Fsp3) is 0.516. The maximum atomic E-state index is 12.4. The number of carbonyl (C=O) groups is 3. The van der Waals surface area contributed by atoms with Crippen LogP contribution in [0.2, 0.25) is 0 Å². The van der Waals surface area contributed by atoms with Crippen LogP contribution in [0.3, 0.4) is 0 Å². The molecule has 0 aliphatic rings. The molecule has 654 valence electrons. The van der Waals surface area contributed by atoms with Gasteiger partial charge in [0.1, 0.15) is 19.8 Å². The van der Waals surface area contributed by atoms with Gasteiger partial charge in [-0.25, -0.2) is 48.0 Å². The van der Waals surface area contributed by atoms with E-state index in [4.69, 9.17) is 152 Å². The average Bonchev–Trinajstić information content (AvgIpc) is 0.865. The first-order valence-corrected chi connectivity index (χ1v) is 51.3. The van der Waals surface area contributed by atoms with Gasteiger partial charge in [0.05, 0.1) is 25.0 Å². The number of aliphatic hydroxyl groups is 2. The van der Waals surface area contributed by atoms with E-state index in [-0.39, 0.29) is 94.1 Å². The SMILES string of the molecule is C=C(F)C(=O)Cl.C=C(F)C(=O)OCC(F)(F)S(=O)(=O)Cl.C=C(F)C(=O)OCC(F)(F)S(=O)(=O)O.C=CCl.C=COCC(F)(F)S(=O)(=O)Cl.C=COCC(F)(F)S(=O)(=O)O.CS(=O)(=O)Cl.CS(=O)(=O)OCC(F)(F)[S-](=O)=O.ClP(Cl)(Cl)(Cl)Cl.ClP(Cl)(Cl)(Cl)Cl.O=S(=O)(O)C(F)(F)CO.O=S(=O)(O)C(F)(F)CO.[Na+].[Na+].[Na+].[OH-]. The summed E-state index contributed by atoms with van der Waals surface area (Å²) >= 11 is 59.0. The van der Waals surface area contributed by atoms with Crippen LogP contribution in [0, 0.1) is 0 Å². The third kappa shape index (κ3) is 111. The van der Waals surface area contributed by atoms with Gasteiger partial charge in [0.25, 0.3) is 20.6 Å². The Labute approximate surface area is 751 Å². The Kier molecular flexibility index (Phi) is 85.0. The second-order valence-electron chi connectivity index (χ2n) is 14.5. The van der Waals surface area contributed by atoms with Gasteiger partial charge in [0, 0.05) is 32.0 Å². The van der Waals surface area contributed by atoms with Gasteiger partial charge in [-0.15, -0.1) is 0 Å². The van der Waals surface area contributed by atoms with Gasteiger partial charge >= 0.3 is 310 Å². The smallest absolute Gasteiger partial charge is 0.870 e. The van der Waals surface area contributed by atoms with Crippen LogP contribution in [0.4, 0.5) is 74.6 Å². The summed E-state index contributed by atoms with van der Waals surface area (Å²) < 4.78 is 422. The third-order valence-corrected chi connectivity index (χ3v) is 13.3. The molecule has 0 heterocycles. The van der Waals surface area contributed by atoms with E-state index < -0.39 is 213 Å². The average molecular weight is 2220 g/mol. The largest absolute Gasteiger partial charge is 1.00 e. The Hall–Kier alpha value is 2.90. The molecule has 0 saturated heterocycles. The van der Waals surface area contributed by atoms with Crippen molar-refractivity contribution in [1.82, 2.24) is 0 Å². The molecule has 0 atom stereocenters. The first kappa shape index (κ1) is 151. The van der Waals surface area contributed by atoms with Crippen LogP contribution in [0.1, 0.15) is 0 Å². The number of hydrogen-bond acceptors (Lipinski definition) is 30. The molecule has 0 saturated carbocycles. The summed E-state index contributed by atoms with van der Waals surface area (Å²) in [6, 6.07) is 0. The Bertz CT molecular complexity index is 3670. The summed E-state index contributed by atoms with van der Waals surface area (Å²) in [6.45, 7) is 4.36. The molecule has 0 rings (SSSR count). The number of allylic oxidation sites excluding steroid dienone is 1. The van der Waals surface area contributed by atoms with E-state index in [1.165, 1.54) is 5.54 Å². The first-order valence-electron chi connectivity index (χ1n) is 21.0. The van der Waals surface area contributed by atoms with Crippen molar-refractivity contribution in [3.05, 3.63) is 75.0 Å². The molecule has 0 fully saturated rings. The van der Waals surface area contributed by atoms with Crippen LogP contribution >= 0.6 is 174 Å². The molecule has 0 aliphatic carbocycles. The minimum absolute atomic E-state index is 0. The minimum Gasteiger partial charge on any atom is -0.870 e. The molecular formula is C31H42Cl15F17Na3O33P2S9+. The molecule has 0 unspecified atom stereocenters. The summed E-state index contributed by atoms with van der Waals surface area (Å²) in [5, 5.41) is -16.4. The molecule has 0 aromatic heterocycles. The van der Waals surface area contributed by atoms with Crippen molar-refractivity contribution in [2.24, 2.45) is 0 Å². The zero-order valence-electron chi connectivity index (χ0n) is 52.8. The fourth-order valence-corrected chi connectivity index (χ4v) is 3.46. The van der Waals surface area contributed by atoms with Crippen molar-refractivity contribution in [2.75, 3.05) is 58.8 Å². The minimum atomic E-state index is -5.69. The normalized spacial score (nSPS) is 12.6. The van der Waals surface area contributed by atoms with Crippen molar-refractivity contribution in [2.45, 2.75) is 36.8 Å². The van der Waals surface area contributed by atoms with Crippen LogP contribution in [0.25, 0.3) is 0 Å². The maximum absolute atomic E-state index is 12.4. The zero-order valence-corrected chi connectivity index (χ0v) is 79.3. The van der Waals surface area contributed by atoms with E-state index in [0.29, 0.717) is 18.8 Å². The molecule has 110 heavy (non-hydrogen) atoms. The summed E-state index contributed by atoms with van der Waals surface area (Å²) in [4.78, 5) is 29.9. The molecule has 0 aromatic rings. The van der Waals surface area contributed by atoms with Gasteiger partial charge in [0.2, 0.25) is 20.7 Å². The predicted octanol–water partition coefficient (Wildman–Crippen LogP) is 4.63. The number of carbonyl (C=O) groups excluding carboxylic acids is 3. The van der Waals surface area contributed by atoms with Gasteiger partial charge in [-0.1, -0.05) is 51.1 Å². The molecule has 0 radical (unpaired) electrons. The standard InChI is InChI=1S/C5H4ClF3O4S.C5H5F3O5S.C4H5ClF2O3S.C4H6F2O4S.C3H2ClFO.C3H5F2O5S2.C2H3Cl.2C2H4F2O4S.CH3ClO2S.2Cl5P.3Na.H2O/c1-3(7)4(10)13-2-5(8,9)14(6,11)12;1-3(6)4(9)13-2-5(7,8)14(10,11)12;1-2-10-3-4(6,7)11(5,8)9;1-2-10-3-4(5,6)11(7,8)9;1-2(5)3(4)6;1-12(8,9)10-2-3(4,5)11(6)7;1-2-3;2*3-2(4,1-5)9(6,7)8;1-5(2,3)4;2*1-6(2,3,4)5;;;;/h1-2H2;1-2H2,(H,10,11,12);2H,1,3H2;2H,1,3H2,(H,7,8,9);1H2;2H2,1H3;2H,1H2;2*5H,1H2,(H,6,7,8);1H3;;;;;;1H2/q;;;;;-1;;;;;;;3*+1;/p-1. The summed E-state index contributed by atoms with van der Waals surface area (Å²) in [7, 11) is -29.8. The molecule has 0 aliphatic heterocycles. The van der Waals surface area contributed by atoms with Gasteiger partial charge in [0.15, 0.2) is 32.3 Å².